The van der Waals surface area contributed by atoms with Gasteiger partial charge in [0.25, 0.3) is 0 Å². The largest absolute Gasteiger partial charge is 0.493 e. The van der Waals surface area contributed by atoms with Crippen molar-refractivity contribution < 1.29 is 23.7 Å². The summed E-state index contributed by atoms with van der Waals surface area (Å²) in [6.07, 6.45) is -0.0317. The average Bonchev–Trinajstić information content (AvgIpc) is 3.01. The van der Waals surface area contributed by atoms with Gasteiger partial charge in [-0.15, -0.1) is 0 Å². The lowest BCUT2D eigenvalue weighted by atomic mass is 9.85. The fourth-order valence-corrected chi connectivity index (χ4v) is 3.78. The smallest absolute Gasteiger partial charge is 0.161 e. The molecule has 0 unspecified atom stereocenters. The Bertz CT molecular complexity index is 723. The van der Waals surface area contributed by atoms with Gasteiger partial charge < -0.3 is 23.7 Å². The van der Waals surface area contributed by atoms with Gasteiger partial charge in [0.1, 0.15) is 0 Å². The maximum absolute atomic E-state index is 6.51. The van der Waals surface area contributed by atoms with Crippen LogP contribution in [-0.2, 0) is 4.74 Å². The van der Waals surface area contributed by atoms with Crippen molar-refractivity contribution >= 4 is 0 Å². The van der Waals surface area contributed by atoms with Crippen molar-refractivity contribution in [3.8, 4) is 23.0 Å². The highest BCUT2D eigenvalue weighted by Crippen LogP contribution is 2.50. The maximum Gasteiger partial charge on any atom is 0.161 e. The Hall–Kier alpha value is -2.40. The van der Waals surface area contributed by atoms with E-state index in [2.05, 4.69) is 13.8 Å². The summed E-state index contributed by atoms with van der Waals surface area (Å²) < 4.78 is 28.1. The summed E-state index contributed by atoms with van der Waals surface area (Å²) in [6, 6.07) is 12.0. The van der Waals surface area contributed by atoms with Crippen LogP contribution in [0.5, 0.6) is 23.0 Å². The maximum atomic E-state index is 6.51. The number of rotatable bonds is 6. The normalized spacial score (nSPS) is 24.5. The molecule has 3 rings (SSSR count). The second kappa shape index (κ2) is 8.09. The molecule has 4 atom stereocenters. The molecule has 0 spiro atoms. The molecule has 1 aliphatic rings. The number of methoxy groups -OCH3 is 4. The zero-order valence-electron chi connectivity index (χ0n) is 16.8. The van der Waals surface area contributed by atoms with E-state index in [1.807, 2.05) is 36.4 Å². The van der Waals surface area contributed by atoms with Crippen molar-refractivity contribution in [2.45, 2.75) is 26.1 Å². The molecule has 1 aliphatic heterocycles. The van der Waals surface area contributed by atoms with Crippen LogP contribution >= 0.6 is 0 Å². The molecule has 1 fully saturated rings. The van der Waals surface area contributed by atoms with Gasteiger partial charge in [-0.2, -0.15) is 0 Å². The van der Waals surface area contributed by atoms with Crippen LogP contribution < -0.4 is 18.9 Å². The minimum Gasteiger partial charge on any atom is -0.493 e. The predicted molar refractivity (Wildman–Crippen MR) is 104 cm³/mol. The average molecular weight is 372 g/mol. The fourth-order valence-electron chi connectivity index (χ4n) is 3.78. The summed E-state index contributed by atoms with van der Waals surface area (Å²) in [5, 5.41) is 0. The third kappa shape index (κ3) is 3.56. The van der Waals surface area contributed by atoms with Crippen LogP contribution in [0.2, 0.25) is 0 Å². The molecule has 1 saturated heterocycles. The summed E-state index contributed by atoms with van der Waals surface area (Å²) >= 11 is 0. The monoisotopic (exact) mass is 372 g/mol. The molecule has 5 heteroatoms. The van der Waals surface area contributed by atoms with E-state index < -0.39 is 0 Å². The molecule has 2 aromatic carbocycles. The summed E-state index contributed by atoms with van der Waals surface area (Å²) in [6.45, 7) is 4.46. The molecule has 27 heavy (non-hydrogen) atoms. The molecule has 0 bridgehead atoms. The molecule has 0 radical (unpaired) electrons. The predicted octanol–water partition coefficient (Wildman–Crippen LogP) is 4.81. The summed E-state index contributed by atoms with van der Waals surface area (Å²) in [4.78, 5) is 0. The quantitative estimate of drug-likeness (QED) is 0.728. The molecule has 2 aromatic rings. The third-order valence-corrected chi connectivity index (χ3v) is 5.55. The Morgan fingerprint density at radius 3 is 1.30 bits per heavy atom. The van der Waals surface area contributed by atoms with E-state index in [0.29, 0.717) is 23.3 Å². The van der Waals surface area contributed by atoms with Crippen LogP contribution in [0.15, 0.2) is 36.4 Å². The van der Waals surface area contributed by atoms with Crippen LogP contribution in [0.1, 0.15) is 37.2 Å². The second-order valence-corrected chi connectivity index (χ2v) is 6.92. The lowest BCUT2D eigenvalue weighted by Crippen LogP contribution is -2.10. The van der Waals surface area contributed by atoms with Crippen molar-refractivity contribution in [3.05, 3.63) is 47.5 Å². The molecule has 1 heterocycles. The first kappa shape index (κ1) is 19.4. The fraction of sp³-hybridized carbons (Fsp3) is 0.455. The van der Waals surface area contributed by atoms with Crippen LogP contribution in [0, 0.1) is 11.8 Å². The first-order valence-corrected chi connectivity index (χ1v) is 9.13. The van der Waals surface area contributed by atoms with Crippen LogP contribution in [0.25, 0.3) is 0 Å². The van der Waals surface area contributed by atoms with Crippen LogP contribution in [-0.4, -0.2) is 28.4 Å². The molecule has 0 N–H and O–H groups in total. The van der Waals surface area contributed by atoms with Gasteiger partial charge in [0.15, 0.2) is 23.0 Å². The Labute approximate surface area is 161 Å². The van der Waals surface area contributed by atoms with Crippen molar-refractivity contribution in [2.24, 2.45) is 11.8 Å². The highest BCUT2D eigenvalue weighted by atomic mass is 16.5. The zero-order valence-corrected chi connectivity index (χ0v) is 16.8. The standard InChI is InChI=1S/C22H28O5/c1-13-14(2)22(16-8-10-18(24-4)20(12-16)26-6)27-21(13)15-7-9-17(23-3)19(11-15)25-5/h7-14,21-22H,1-6H3/t13-,14-,21-,22-/m1/s1. The van der Waals surface area contributed by atoms with Crippen LogP contribution in [0.4, 0.5) is 0 Å². The van der Waals surface area contributed by atoms with Crippen molar-refractivity contribution in [1.82, 2.24) is 0 Å². The van der Waals surface area contributed by atoms with E-state index in [9.17, 15) is 0 Å². The molecule has 0 amide bonds. The minimum absolute atomic E-state index is 0.0158. The van der Waals surface area contributed by atoms with Gasteiger partial charge in [-0.05, 0) is 47.2 Å². The highest BCUT2D eigenvalue weighted by molar-refractivity contribution is 5.45. The molecule has 146 valence electrons. The first-order valence-electron chi connectivity index (χ1n) is 9.13. The lowest BCUT2D eigenvalue weighted by Gasteiger charge is -2.18. The topological polar surface area (TPSA) is 46.2 Å². The van der Waals surface area contributed by atoms with Gasteiger partial charge in [0, 0.05) is 0 Å². The second-order valence-electron chi connectivity index (χ2n) is 6.92. The highest BCUT2D eigenvalue weighted by Gasteiger charge is 2.41. The van der Waals surface area contributed by atoms with E-state index in [1.54, 1.807) is 28.4 Å². The first-order chi connectivity index (χ1) is 13.0. The van der Waals surface area contributed by atoms with E-state index in [0.717, 1.165) is 22.6 Å². The molecule has 5 nitrogen and oxygen atoms in total. The van der Waals surface area contributed by atoms with Gasteiger partial charge in [0.2, 0.25) is 0 Å². The number of ether oxygens (including phenoxy) is 5. The number of hydrogen-bond acceptors (Lipinski definition) is 5. The Morgan fingerprint density at radius 1 is 0.593 bits per heavy atom. The SMILES string of the molecule is COc1ccc([C@@H]2O[C@@H](c3ccc(OC)c(OC)c3)[C@H](C)[C@H]2C)cc1OC. The van der Waals surface area contributed by atoms with Crippen LogP contribution in [0.3, 0.4) is 0 Å². The van der Waals surface area contributed by atoms with Crippen molar-refractivity contribution in [3.63, 3.8) is 0 Å². The number of benzene rings is 2. The molecule has 0 saturated carbocycles. The van der Waals surface area contributed by atoms with E-state index in [4.69, 9.17) is 23.7 Å². The van der Waals surface area contributed by atoms with E-state index in [-0.39, 0.29) is 12.2 Å². The Kier molecular flexibility index (Phi) is 5.80. The number of hydrogen-bond donors (Lipinski definition) is 0. The third-order valence-electron chi connectivity index (χ3n) is 5.55. The van der Waals surface area contributed by atoms with Gasteiger partial charge >= 0.3 is 0 Å². The van der Waals surface area contributed by atoms with Crippen molar-refractivity contribution in [1.29, 1.82) is 0 Å². The molecule has 0 aromatic heterocycles. The van der Waals surface area contributed by atoms with Crippen molar-refractivity contribution in [2.75, 3.05) is 28.4 Å². The van der Waals surface area contributed by atoms with Gasteiger partial charge in [-0.3, -0.25) is 0 Å². The summed E-state index contributed by atoms with van der Waals surface area (Å²) in [5.41, 5.74) is 2.19. The minimum atomic E-state index is -0.0158. The van der Waals surface area contributed by atoms with Gasteiger partial charge in [0.05, 0.1) is 40.6 Å². The molecular weight excluding hydrogens is 344 g/mol. The molecule has 0 aliphatic carbocycles. The Balaban J connectivity index is 1.90. The van der Waals surface area contributed by atoms with Gasteiger partial charge in [-0.1, -0.05) is 26.0 Å². The molecular formula is C22H28O5. The van der Waals surface area contributed by atoms with E-state index in [1.165, 1.54) is 0 Å². The summed E-state index contributed by atoms with van der Waals surface area (Å²) in [5.74, 6) is 3.57. The Morgan fingerprint density at radius 2 is 0.963 bits per heavy atom. The summed E-state index contributed by atoms with van der Waals surface area (Å²) in [7, 11) is 6.58. The lowest BCUT2D eigenvalue weighted by molar-refractivity contribution is 0.0288. The zero-order chi connectivity index (χ0) is 19.6. The van der Waals surface area contributed by atoms with E-state index >= 15 is 0 Å². The van der Waals surface area contributed by atoms with Gasteiger partial charge in [-0.25, -0.2) is 0 Å².